The van der Waals surface area contributed by atoms with E-state index in [2.05, 4.69) is 0 Å². The van der Waals surface area contributed by atoms with Crippen LogP contribution in [0.3, 0.4) is 0 Å². The number of nitrogen functional groups attached to an aromatic ring is 1. The van der Waals surface area contributed by atoms with Crippen LogP contribution < -0.4 is 5.73 Å². The fraction of sp³-hybridized carbons (Fsp3) is 0.111. The molecule has 0 saturated carbocycles. The topological polar surface area (TPSA) is 26.0 Å². The van der Waals surface area contributed by atoms with Gasteiger partial charge in [0.1, 0.15) is 5.82 Å². The van der Waals surface area contributed by atoms with Crippen molar-refractivity contribution in [2.24, 2.45) is 0 Å². The van der Waals surface area contributed by atoms with Crippen LogP contribution in [0.2, 0.25) is 0 Å². The lowest BCUT2D eigenvalue weighted by molar-refractivity contribution is 0.625. The highest BCUT2D eigenvalue weighted by atomic mass is 35.5. The van der Waals surface area contributed by atoms with Crippen LogP contribution >= 0.6 is 35.0 Å². The zero-order valence-corrected chi connectivity index (χ0v) is 9.46. The van der Waals surface area contributed by atoms with Gasteiger partial charge in [0.25, 0.3) is 0 Å². The Morgan fingerprint density at radius 2 is 2.21 bits per heavy atom. The van der Waals surface area contributed by atoms with Crippen LogP contribution in [-0.2, 0) is 0 Å². The van der Waals surface area contributed by atoms with E-state index in [-0.39, 0.29) is 5.82 Å². The lowest BCUT2D eigenvalue weighted by atomic mass is 10.3. The fourth-order valence-electron chi connectivity index (χ4n) is 0.851. The van der Waals surface area contributed by atoms with Crippen molar-refractivity contribution in [1.29, 1.82) is 0 Å². The van der Waals surface area contributed by atoms with Gasteiger partial charge in [0.05, 0.1) is 0 Å². The first-order valence-corrected chi connectivity index (χ1v) is 5.55. The Hall–Kier alpha value is -0.380. The molecule has 0 saturated heterocycles. The normalized spacial score (nSPS) is 11.8. The quantitative estimate of drug-likeness (QED) is 0.653. The highest BCUT2D eigenvalue weighted by Gasteiger charge is 2.00. The van der Waals surface area contributed by atoms with Crippen molar-refractivity contribution in [3.05, 3.63) is 34.6 Å². The standard InChI is InChI=1S/C9H8Cl2FNS/c10-4-6(11)5-14-9-2-7(12)1-8(13)3-9/h1-4H,5,13H2/b6-4-. The zero-order valence-electron chi connectivity index (χ0n) is 7.14. The summed E-state index contributed by atoms with van der Waals surface area (Å²) in [6.07, 6.45) is 0. The van der Waals surface area contributed by atoms with Crippen molar-refractivity contribution in [1.82, 2.24) is 0 Å². The summed E-state index contributed by atoms with van der Waals surface area (Å²) in [7, 11) is 0. The van der Waals surface area contributed by atoms with E-state index in [1.165, 1.54) is 29.4 Å². The third-order valence-electron chi connectivity index (χ3n) is 1.39. The van der Waals surface area contributed by atoms with E-state index < -0.39 is 0 Å². The summed E-state index contributed by atoms with van der Waals surface area (Å²) in [6.45, 7) is 0. The molecule has 0 spiro atoms. The molecular weight excluding hydrogens is 244 g/mol. The van der Waals surface area contributed by atoms with Gasteiger partial charge in [-0.3, -0.25) is 0 Å². The van der Waals surface area contributed by atoms with E-state index in [9.17, 15) is 4.39 Å². The minimum absolute atomic E-state index is 0.349. The molecule has 0 fully saturated rings. The summed E-state index contributed by atoms with van der Waals surface area (Å²) >= 11 is 12.4. The van der Waals surface area contributed by atoms with E-state index in [0.29, 0.717) is 16.5 Å². The van der Waals surface area contributed by atoms with Crippen molar-refractivity contribution in [2.75, 3.05) is 11.5 Å². The van der Waals surface area contributed by atoms with Gasteiger partial charge in [-0.25, -0.2) is 4.39 Å². The van der Waals surface area contributed by atoms with Gasteiger partial charge in [-0.1, -0.05) is 23.2 Å². The number of hydrogen-bond donors (Lipinski definition) is 1. The maximum Gasteiger partial charge on any atom is 0.126 e. The summed E-state index contributed by atoms with van der Waals surface area (Å²) in [4.78, 5) is 0.735. The monoisotopic (exact) mass is 251 g/mol. The molecule has 1 aromatic carbocycles. The van der Waals surface area contributed by atoms with Crippen molar-refractivity contribution in [3.63, 3.8) is 0 Å². The highest BCUT2D eigenvalue weighted by Crippen LogP contribution is 2.25. The minimum atomic E-state index is -0.349. The van der Waals surface area contributed by atoms with Gasteiger partial charge in [0.2, 0.25) is 0 Å². The van der Waals surface area contributed by atoms with Crippen LogP contribution in [0.1, 0.15) is 0 Å². The molecule has 14 heavy (non-hydrogen) atoms. The molecule has 0 amide bonds. The smallest absolute Gasteiger partial charge is 0.126 e. The van der Waals surface area contributed by atoms with E-state index in [0.717, 1.165) is 4.90 Å². The summed E-state index contributed by atoms with van der Waals surface area (Å²) in [5.41, 5.74) is 7.16. The Labute approximate surface area is 96.1 Å². The highest BCUT2D eigenvalue weighted by molar-refractivity contribution is 7.99. The molecule has 0 aliphatic heterocycles. The van der Waals surface area contributed by atoms with E-state index in [1.54, 1.807) is 6.07 Å². The zero-order chi connectivity index (χ0) is 10.6. The molecule has 0 heterocycles. The lowest BCUT2D eigenvalue weighted by Crippen LogP contribution is -1.88. The van der Waals surface area contributed by atoms with Crippen LogP contribution in [0.4, 0.5) is 10.1 Å². The molecule has 76 valence electrons. The largest absolute Gasteiger partial charge is 0.399 e. The Morgan fingerprint density at radius 1 is 1.50 bits per heavy atom. The maximum absolute atomic E-state index is 12.9. The molecule has 1 nitrogen and oxygen atoms in total. The molecule has 0 aromatic heterocycles. The molecule has 1 rings (SSSR count). The molecule has 0 unspecified atom stereocenters. The van der Waals surface area contributed by atoms with Gasteiger partial charge in [-0.05, 0) is 18.2 Å². The van der Waals surface area contributed by atoms with E-state index >= 15 is 0 Å². The molecule has 2 N–H and O–H groups in total. The Morgan fingerprint density at radius 3 is 2.79 bits per heavy atom. The molecule has 0 radical (unpaired) electrons. The van der Waals surface area contributed by atoms with Gasteiger partial charge >= 0.3 is 0 Å². The number of hydrogen-bond acceptors (Lipinski definition) is 2. The van der Waals surface area contributed by atoms with E-state index in [4.69, 9.17) is 28.9 Å². The summed E-state index contributed by atoms with van der Waals surface area (Å²) in [5, 5.41) is 0.513. The molecule has 0 aliphatic rings. The number of anilines is 1. The molecule has 0 atom stereocenters. The number of benzene rings is 1. The molecular formula is C9H8Cl2FNS. The third kappa shape index (κ3) is 3.78. The van der Waals surface area contributed by atoms with Crippen LogP contribution in [0.25, 0.3) is 0 Å². The SMILES string of the molecule is Nc1cc(F)cc(SC/C(Cl)=C/Cl)c1. The summed E-state index contributed by atoms with van der Waals surface area (Å²) in [6, 6.07) is 4.36. The van der Waals surface area contributed by atoms with Crippen LogP contribution in [0.15, 0.2) is 33.7 Å². The van der Waals surface area contributed by atoms with E-state index in [1.807, 2.05) is 0 Å². The first kappa shape index (κ1) is 11.7. The number of halogens is 3. The second-order valence-electron chi connectivity index (χ2n) is 2.56. The molecule has 5 heteroatoms. The molecule has 1 aromatic rings. The predicted octanol–water partition coefficient (Wildman–Crippen LogP) is 3.82. The second-order valence-corrected chi connectivity index (χ2v) is 4.32. The second kappa shape index (κ2) is 5.49. The van der Waals surface area contributed by atoms with Crippen LogP contribution in [0, 0.1) is 5.82 Å². The van der Waals surface area contributed by atoms with Gasteiger partial charge in [0.15, 0.2) is 0 Å². The van der Waals surface area contributed by atoms with Gasteiger partial charge in [-0.2, -0.15) is 0 Å². The number of thioether (sulfide) groups is 1. The number of nitrogens with two attached hydrogens (primary N) is 1. The van der Waals surface area contributed by atoms with Crippen LogP contribution in [-0.4, -0.2) is 5.75 Å². The average Bonchev–Trinajstić information content (AvgIpc) is 2.12. The third-order valence-corrected chi connectivity index (χ3v) is 3.19. The summed E-state index contributed by atoms with van der Waals surface area (Å²) in [5.74, 6) is 0.159. The molecule has 0 bridgehead atoms. The lowest BCUT2D eigenvalue weighted by Gasteiger charge is -2.02. The van der Waals surface area contributed by atoms with Crippen LogP contribution in [0.5, 0.6) is 0 Å². The van der Waals surface area contributed by atoms with Crippen molar-refractivity contribution < 1.29 is 4.39 Å². The number of rotatable bonds is 3. The average molecular weight is 252 g/mol. The maximum atomic E-state index is 12.9. The Balaban J connectivity index is 2.67. The van der Waals surface area contributed by atoms with Crippen molar-refractivity contribution >= 4 is 40.7 Å². The minimum Gasteiger partial charge on any atom is -0.399 e. The predicted molar refractivity (Wildman–Crippen MR) is 61.3 cm³/mol. The van der Waals surface area contributed by atoms with Gasteiger partial charge < -0.3 is 5.73 Å². The Bertz CT molecular complexity index is 334. The first-order valence-electron chi connectivity index (χ1n) is 3.75. The molecule has 0 aliphatic carbocycles. The fourth-order valence-corrected chi connectivity index (χ4v) is 1.99. The van der Waals surface area contributed by atoms with Gasteiger partial charge in [-0.15, -0.1) is 11.8 Å². The summed E-state index contributed by atoms with van der Waals surface area (Å²) < 4.78 is 12.9. The van der Waals surface area contributed by atoms with Crippen molar-refractivity contribution in [3.8, 4) is 0 Å². The van der Waals surface area contributed by atoms with Gasteiger partial charge in [0, 0.05) is 26.9 Å². The first-order chi connectivity index (χ1) is 6.61. The van der Waals surface area contributed by atoms with Crippen molar-refractivity contribution in [2.45, 2.75) is 4.90 Å². The Kier molecular flexibility index (Phi) is 4.58.